The fraction of sp³-hybridized carbons (Fsp3) is 0.435. The topological polar surface area (TPSA) is 101 Å². The number of furan rings is 1. The first kappa shape index (κ1) is 22.0. The summed E-state index contributed by atoms with van der Waals surface area (Å²) in [5.74, 6) is 0.563. The number of carbonyl (C=O) groups excluding carboxylic acids is 3. The van der Waals surface area contributed by atoms with Crippen LogP contribution in [-0.2, 0) is 16.1 Å². The maximum atomic E-state index is 12.5. The SMILES string of the molecule is CC(=O)c1ccc2c(c1)N(Cc1ccc(C(=O)NCCCN3CCOCC3)o1)C(=O)CO2. The average molecular weight is 441 g/mol. The lowest BCUT2D eigenvalue weighted by Gasteiger charge is -2.29. The number of rotatable bonds is 8. The zero-order chi connectivity index (χ0) is 22.5. The number of anilines is 1. The highest BCUT2D eigenvalue weighted by Gasteiger charge is 2.27. The van der Waals surface area contributed by atoms with E-state index in [4.69, 9.17) is 13.9 Å². The van der Waals surface area contributed by atoms with Crippen LogP contribution in [0.4, 0.5) is 5.69 Å². The van der Waals surface area contributed by atoms with E-state index in [1.807, 2.05) is 0 Å². The number of Topliss-reactive ketones (excluding diaryl/α,β-unsaturated/α-hetero) is 1. The summed E-state index contributed by atoms with van der Waals surface area (Å²) in [6.07, 6.45) is 0.844. The number of ketones is 1. The molecule has 3 heterocycles. The van der Waals surface area contributed by atoms with Crippen LogP contribution in [0, 0.1) is 0 Å². The monoisotopic (exact) mass is 441 g/mol. The molecule has 0 aliphatic carbocycles. The molecule has 0 bridgehead atoms. The van der Waals surface area contributed by atoms with E-state index >= 15 is 0 Å². The molecule has 0 radical (unpaired) electrons. The average Bonchev–Trinajstić information content (AvgIpc) is 3.27. The standard InChI is InChI=1S/C23H27N3O6/c1-16(27)17-3-5-20-19(13-17)26(22(28)15-31-20)14-18-4-6-21(32-18)23(29)24-7-2-8-25-9-11-30-12-10-25/h3-6,13H,2,7-12,14-15H2,1H3,(H,24,29). The molecule has 32 heavy (non-hydrogen) atoms. The Bertz CT molecular complexity index is 995. The largest absolute Gasteiger partial charge is 0.482 e. The van der Waals surface area contributed by atoms with Crippen LogP contribution >= 0.6 is 0 Å². The Kier molecular flexibility index (Phi) is 6.87. The highest BCUT2D eigenvalue weighted by Crippen LogP contribution is 2.34. The first-order valence-corrected chi connectivity index (χ1v) is 10.8. The maximum absolute atomic E-state index is 12.5. The van der Waals surface area contributed by atoms with Gasteiger partial charge in [0.05, 0.1) is 25.4 Å². The predicted molar refractivity (Wildman–Crippen MR) is 116 cm³/mol. The molecule has 170 valence electrons. The summed E-state index contributed by atoms with van der Waals surface area (Å²) in [6.45, 7) is 6.34. The van der Waals surface area contributed by atoms with Crippen molar-refractivity contribution in [1.29, 1.82) is 0 Å². The number of ether oxygens (including phenoxy) is 2. The van der Waals surface area contributed by atoms with Gasteiger partial charge in [0.2, 0.25) is 0 Å². The summed E-state index contributed by atoms with van der Waals surface area (Å²) in [6, 6.07) is 8.27. The van der Waals surface area contributed by atoms with Crippen molar-refractivity contribution in [3.63, 3.8) is 0 Å². The molecule has 0 unspecified atom stereocenters. The molecule has 1 aromatic heterocycles. The molecule has 1 N–H and O–H groups in total. The van der Waals surface area contributed by atoms with Gasteiger partial charge in [0.15, 0.2) is 18.2 Å². The number of nitrogens with zero attached hydrogens (tertiary/aromatic N) is 2. The number of hydrogen-bond donors (Lipinski definition) is 1. The fourth-order valence-electron chi connectivity index (χ4n) is 3.75. The van der Waals surface area contributed by atoms with Crippen molar-refractivity contribution in [2.45, 2.75) is 19.9 Å². The van der Waals surface area contributed by atoms with E-state index < -0.39 is 0 Å². The number of fused-ring (bicyclic) bond motifs is 1. The van der Waals surface area contributed by atoms with Crippen LogP contribution in [0.5, 0.6) is 5.75 Å². The lowest BCUT2D eigenvalue weighted by atomic mass is 10.1. The number of carbonyl (C=O) groups is 3. The van der Waals surface area contributed by atoms with Gasteiger partial charge in [0, 0.05) is 25.2 Å². The van der Waals surface area contributed by atoms with E-state index in [1.54, 1.807) is 30.3 Å². The van der Waals surface area contributed by atoms with Crippen molar-refractivity contribution in [2.75, 3.05) is 50.9 Å². The Hall–Kier alpha value is -3.17. The van der Waals surface area contributed by atoms with E-state index in [0.29, 0.717) is 29.3 Å². The van der Waals surface area contributed by atoms with Crippen molar-refractivity contribution >= 4 is 23.3 Å². The minimum atomic E-state index is -0.286. The highest BCUT2D eigenvalue weighted by molar-refractivity contribution is 6.01. The smallest absolute Gasteiger partial charge is 0.286 e. The summed E-state index contributed by atoms with van der Waals surface area (Å²) < 4.78 is 16.5. The minimum Gasteiger partial charge on any atom is -0.482 e. The highest BCUT2D eigenvalue weighted by atomic mass is 16.5. The predicted octanol–water partition coefficient (Wildman–Crippen LogP) is 1.86. The van der Waals surface area contributed by atoms with Crippen molar-refractivity contribution in [3.05, 3.63) is 47.4 Å². The zero-order valence-corrected chi connectivity index (χ0v) is 18.1. The zero-order valence-electron chi connectivity index (χ0n) is 18.1. The van der Waals surface area contributed by atoms with Crippen LogP contribution < -0.4 is 15.0 Å². The number of hydrogen-bond acceptors (Lipinski definition) is 7. The van der Waals surface area contributed by atoms with E-state index in [-0.39, 0.29) is 36.5 Å². The maximum Gasteiger partial charge on any atom is 0.286 e. The molecule has 1 aromatic carbocycles. The Morgan fingerprint density at radius 3 is 2.72 bits per heavy atom. The summed E-state index contributed by atoms with van der Waals surface area (Å²) in [4.78, 5) is 40.4. The third kappa shape index (κ3) is 5.17. The van der Waals surface area contributed by atoms with Crippen LogP contribution in [0.2, 0.25) is 0 Å². The Morgan fingerprint density at radius 2 is 1.94 bits per heavy atom. The van der Waals surface area contributed by atoms with E-state index in [9.17, 15) is 14.4 Å². The summed E-state index contributed by atoms with van der Waals surface area (Å²) in [5, 5.41) is 2.87. The van der Waals surface area contributed by atoms with E-state index in [2.05, 4.69) is 10.2 Å². The second-order valence-electron chi connectivity index (χ2n) is 7.84. The van der Waals surface area contributed by atoms with Gasteiger partial charge in [-0.15, -0.1) is 0 Å². The van der Waals surface area contributed by atoms with Crippen LogP contribution in [-0.4, -0.2) is 68.5 Å². The third-order valence-electron chi connectivity index (χ3n) is 5.55. The first-order valence-electron chi connectivity index (χ1n) is 10.8. The molecule has 1 saturated heterocycles. The second kappa shape index (κ2) is 9.97. The van der Waals surface area contributed by atoms with Gasteiger partial charge in [-0.1, -0.05) is 0 Å². The number of morpholine rings is 1. The van der Waals surface area contributed by atoms with Gasteiger partial charge in [0.1, 0.15) is 11.5 Å². The molecule has 0 spiro atoms. The van der Waals surface area contributed by atoms with Crippen molar-refractivity contribution in [1.82, 2.24) is 10.2 Å². The van der Waals surface area contributed by atoms with Gasteiger partial charge in [0.25, 0.3) is 11.8 Å². The lowest BCUT2D eigenvalue weighted by Crippen LogP contribution is -2.38. The number of nitrogens with one attached hydrogen (secondary N) is 1. The van der Waals surface area contributed by atoms with Crippen LogP contribution in [0.1, 0.15) is 40.0 Å². The molecule has 1 fully saturated rings. The van der Waals surface area contributed by atoms with Crippen LogP contribution in [0.15, 0.2) is 34.7 Å². The Labute approximate surface area is 186 Å². The second-order valence-corrected chi connectivity index (χ2v) is 7.84. The molecule has 2 aliphatic rings. The molecule has 9 heteroatoms. The molecule has 4 rings (SSSR count). The van der Waals surface area contributed by atoms with Gasteiger partial charge < -0.3 is 19.2 Å². The summed E-state index contributed by atoms with van der Waals surface area (Å²) in [5.41, 5.74) is 1.00. The molecule has 2 aliphatic heterocycles. The van der Waals surface area contributed by atoms with Gasteiger partial charge in [-0.2, -0.15) is 0 Å². The van der Waals surface area contributed by atoms with Crippen molar-refractivity contribution in [3.8, 4) is 5.75 Å². The normalized spacial score (nSPS) is 16.4. The van der Waals surface area contributed by atoms with Gasteiger partial charge in [-0.05, 0) is 50.2 Å². The summed E-state index contributed by atoms with van der Waals surface area (Å²) in [7, 11) is 0. The molecule has 0 atom stereocenters. The molecule has 0 saturated carbocycles. The quantitative estimate of drug-likeness (QED) is 0.493. The van der Waals surface area contributed by atoms with Crippen molar-refractivity contribution < 1.29 is 28.3 Å². The molecular weight excluding hydrogens is 414 g/mol. The third-order valence-corrected chi connectivity index (χ3v) is 5.55. The number of benzene rings is 1. The van der Waals surface area contributed by atoms with E-state index in [1.165, 1.54) is 11.8 Å². The molecular formula is C23H27N3O6. The van der Waals surface area contributed by atoms with Gasteiger partial charge in [-0.3, -0.25) is 24.2 Å². The minimum absolute atomic E-state index is 0.0936. The first-order chi connectivity index (χ1) is 15.5. The Morgan fingerprint density at radius 1 is 1.12 bits per heavy atom. The Balaban J connectivity index is 1.34. The van der Waals surface area contributed by atoms with Crippen LogP contribution in [0.3, 0.4) is 0 Å². The van der Waals surface area contributed by atoms with Crippen molar-refractivity contribution in [2.24, 2.45) is 0 Å². The van der Waals surface area contributed by atoms with Gasteiger partial charge in [-0.25, -0.2) is 0 Å². The number of amides is 2. The lowest BCUT2D eigenvalue weighted by molar-refractivity contribution is -0.121. The molecule has 2 aromatic rings. The fourth-order valence-corrected chi connectivity index (χ4v) is 3.75. The molecule has 2 amide bonds. The van der Waals surface area contributed by atoms with Gasteiger partial charge >= 0.3 is 0 Å². The summed E-state index contributed by atoms with van der Waals surface area (Å²) >= 11 is 0. The molecule has 9 nitrogen and oxygen atoms in total. The van der Waals surface area contributed by atoms with E-state index in [0.717, 1.165) is 39.3 Å². The van der Waals surface area contributed by atoms with Crippen LogP contribution in [0.25, 0.3) is 0 Å².